The molecule has 0 aliphatic rings. The summed E-state index contributed by atoms with van der Waals surface area (Å²) in [6.45, 7) is 2.05. The second-order valence-corrected chi connectivity index (χ2v) is 5.07. The van der Waals surface area contributed by atoms with Crippen molar-refractivity contribution in [1.82, 2.24) is 4.47 Å². The van der Waals surface area contributed by atoms with E-state index in [9.17, 15) is 25.5 Å². The minimum absolute atomic E-state index is 0.336. The fourth-order valence-electron chi connectivity index (χ4n) is 0.577. The van der Waals surface area contributed by atoms with Crippen LogP contribution in [0.3, 0.4) is 0 Å². The van der Waals surface area contributed by atoms with E-state index >= 15 is 0 Å². The van der Waals surface area contributed by atoms with Crippen molar-refractivity contribution in [2.24, 2.45) is 0 Å². The van der Waals surface area contributed by atoms with Gasteiger partial charge in [0.05, 0.1) is 0 Å². The van der Waals surface area contributed by atoms with Gasteiger partial charge in [-0.05, 0) is 4.47 Å². The van der Waals surface area contributed by atoms with Crippen molar-refractivity contribution in [1.29, 1.82) is 0 Å². The van der Waals surface area contributed by atoms with E-state index in [1.807, 2.05) is 0 Å². The first-order valence-corrected chi connectivity index (χ1v) is 6.82. The molecule has 0 atom stereocenters. The molecule has 0 unspecified atom stereocenters. The maximum absolute atomic E-state index is 12.0. The smallest absolute Gasteiger partial charge is 0.455 e. The van der Waals surface area contributed by atoms with E-state index in [1.54, 1.807) is 0 Å². The zero-order chi connectivity index (χ0) is 14.4. The summed E-state index contributed by atoms with van der Waals surface area (Å²) < 4.78 is 65.9. The van der Waals surface area contributed by atoms with Gasteiger partial charge in [-0.15, -0.1) is 4.28 Å². The van der Waals surface area contributed by atoms with E-state index in [4.69, 9.17) is 0 Å². The summed E-state index contributed by atoms with van der Waals surface area (Å²) in [4.78, 5) is 10.5. The van der Waals surface area contributed by atoms with Gasteiger partial charge in [0.1, 0.15) is 13.2 Å². The Labute approximate surface area is 103 Å². The van der Waals surface area contributed by atoms with Crippen molar-refractivity contribution in [2.45, 2.75) is 0 Å². The minimum atomic E-state index is -5.49. The van der Waals surface area contributed by atoms with Crippen LogP contribution in [-0.2, 0) is 38.8 Å². The van der Waals surface area contributed by atoms with Gasteiger partial charge in [-0.25, -0.2) is 4.79 Å². The van der Waals surface area contributed by atoms with Crippen molar-refractivity contribution < 1.29 is 38.7 Å². The Hall–Kier alpha value is -1.08. The highest BCUT2D eigenvalue weighted by atomic mass is 32.3. The van der Waals surface area contributed by atoms with Crippen LogP contribution in [0, 0.1) is 0 Å². The highest BCUT2D eigenvalue weighted by Crippen LogP contribution is 2.06. The predicted molar refractivity (Wildman–Crippen MR) is 54.9 cm³/mol. The number of nitrogens with zero attached hydrogens (tertiary/aromatic N) is 1. The first-order valence-electron chi connectivity index (χ1n) is 4.15. The van der Waals surface area contributed by atoms with Gasteiger partial charge < -0.3 is 4.74 Å². The van der Waals surface area contributed by atoms with Gasteiger partial charge in [0, 0.05) is 13.1 Å². The van der Waals surface area contributed by atoms with Crippen molar-refractivity contribution in [2.75, 3.05) is 20.3 Å². The van der Waals surface area contributed by atoms with Gasteiger partial charge in [0.25, 0.3) is 0 Å². The number of halogens is 1. The summed E-state index contributed by atoms with van der Waals surface area (Å²) >= 11 is 0. The molecule has 12 heteroatoms. The van der Waals surface area contributed by atoms with Gasteiger partial charge in [0.2, 0.25) is 0 Å². The third kappa shape index (κ3) is 7.29. The minimum Gasteiger partial charge on any atom is -0.460 e. The second-order valence-electron chi connectivity index (χ2n) is 2.53. The molecule has 106 valence electrons. The standard InChI is InChI=1S/C6H10FNO8S2/c1-3-6(9)14-4-5-15-18(12,13)8(2)16-17(7,10)11/h3H,1,4-5H2,2H3. The van der Waals surface area contributed by atoms with Crippen LogP contribution in [0.15, 0.2) is 12.7 Å². The monoisotopic (exact) mass is 307 g/mol. The van der Waals surface area contributed by atoms with Crippen LogP contribution in [0.1, 0.15) is 0 Å². The molecule has 0 rings (SSSR count). The maximum atomic E-state index is 12.0. The topological polar surface area (TPSA) is 116 Å². The number of hydrogen-bond acceptors (Lipinski definition) is 8. The number of carbonyl (C=O) groups excluding carboxylic acids is 1. The Morgan fingerprint density at radius 2 is 1.89 bits per heavy atom. The maximum Gasteiger partial charge on any atom is 0.455 e. The Morgan fingerprint density at radius 1 is 1.33 bits per heavy atom. The summed E-state index contributed by atoms with van der Waals surface area (Å²) in [6, 6.07) is 0. The fraction of sp³-hybridized carbons (Fsp3) is 0.500. The third-order valence-corrected chi connectivity index (χ3v) is 2.90. The summed E-state index contributed by atoms with van der Waals surface area (Å²) in [5.41, 5.74) is 0. The SMILES string of the molecule is C=CC(=O)OCCOS(=O)(=O)N(C)OS(=O)(=O)F. The second kappa shape index (κ2) is 6.75. The molecule has 0 saturated heterocycles. The summed E-state index contributed by atoms with van der Waals surface area (Å²) in [7, 11) is -9.51. The van der Waals surface area contributed by atoms with E-state index in [2.05, 4.69) is 19.8 Å². The van der Waals surface area contributed by atoms with E-state index < -0.39 is 40.0 Å². The van der Waals surface area contributed by atoms with E-state index in [-0.39, 0.29) is 4.47 Å². The van der Waals surface area contributed by atoms with Gasteiger partial charge in [0.15, 0.2) is 0 Å². The number of carbonyl (C=O) groups is 1. The fourth-order valence-corrected chi connectivity index (χ4v) is 1.77. The predicted octanol–water partition coefficient (Wildman–Crippen LogP) is -0.945. The molecule has 0 aliphatic heterocycles. The highest BCUT2D eigenvalue weighted by molar-refractivity contribution is 7.85. The molecular formula is C6H10FNO8S2. The molecule has 0 radical (unpaired) electrons. The van der Waals surface area contributed by atoms with Crippen LogP contribution in [-0.4, -0.2) is 47.5 Å². The van der Waals surface area contributed by atoms with Crippen LogP contribution in [0.2, 0.25) is 0 Å². The lowest BCUT2D eigenvalue weighted by atomic mass is 10.6. The Balaban J connectivity index is 4.24. The number of hydroxylamine groups is 1. The lowest BCUT2D eigenvalue weighted by molar-refractivity contribution is -0.138. The van der Waals surface area contributed by atoms with Gasteiger partial charge >= 0.3 is 26.8 Å². The molecule has 0 fully saturated rings. The summed E-state index contributed by atoms with van der Waals surface area (Å²) in [5.74, 6) is -0.799. The molecule has 0 aromatic rings. The van der Waals surface area contributed by atoms with Crippen LogP contribution < -0.4 is 0 Å². The molecule has 0 aromatic carbocycles. The lowest BCUT2D eigenvalue weighted by Gasteiger charge is -2.12. The van der Waals surface area contributed by atoms with Crippen LogP contribution in [0.25, 0.3) is 0 Å². The molecule has 0 aromatic heterocycles. The average Bonchev–Trinajstić information content (AvgIpc) is 2.21. The molecule has 0 aliphatic carbocycles. The van der Waals surface area contributed by atoms with Gasteiger partial charge in [-0.3, -0.25) is 4.18 Å². The number of hydrogen-bond donors (Lipinski definition) is 0. The van der Waals surface area contributed by atoms with Crippen molar-refractivity contribution in [3.63, 3.8) is 0 Å². The Morgan fingerprint density at radius 3 is 2.33 bits per heavy atom. The van der Waals surface area contributed by atoms with Crippen molar-refractivity contribution in [3.8, 4) is 0 Å². The Bertz CT molecular complexity index is 498. The number of esters is 1. The van der Waals surface area contributed by atoms with Crippen LogP contribution >= 0.6 is 0 Å². The van der Waals surface area contributed by atoms with Gasteiger partial charge in [-0.2, -0.15) is 16.8 Å². The van der Waals surface area contributed by atoms with Crippen molar-refractivity contribution in [3.05, 3.63) is 12.7 Å². The van der Waals surface area contributed by atoms with E-state index in [0.29, 0.717) is 7.05 Å². The number of rotatable bonds is 8. The van der Waals surface area contributed by atoms with E-state index in [0.717, 1.165) is 6.08 Å². The van der Waals surface area contributed by atoms with Gasteiger partial charge in [-0.1, -0.05) is 10.5 Å². The third-order valence-electron chi connectivity index (χ3n) is 1.24. The highest BCUT2D eigenvalue weighted by Gasteiger charge is 2.25. The first-order chi connectivity index (χ1) is 8.08. The largest absolute Gasteiger partial charge is 0.460 e. The summed E-state index contributed by atoms with van der Waals surface area (Å²) in [5, 5.41) is 0. The van der Waals surface area contributed by atoms with Crippen LogP contribution in [0.5, 0.6) is 0 Å². The quantitative estimate of drug-likeness (QED) is 0.185. The number of ether oxygens (including phenoxy) is 1. The summed E-state index contributed by atoms with van der Waals surface area (Å²) in [6.07, 6.45) is 0.847. The molecule has 0 N–H and O–H groups in total. The van der Waals surface area contributed by atoms with E-state index in [1.165, 1.54) is 0 Å². The zero-order valence-corrected chi connectivity index (χ0v) is 10.7. The molecule has 0 saturated carbocycles. The van der Waals surface area contributed by atoms with Crippen molar-refractivity contribution >= 4 is 26.8 Å². The zero-order valence-electron chi connectivity index (χ0n) is 9.11. The average molecular weight is 307 g/mol. The molecule has 18 heavy (non-hydrogen) atoms. The molecule has 9 nitrogen and oxygen atoms in total. The molecule has 0 bridgehead atoms. The molecule has 0 spiro atoms. The van der Waals surface area contributed by atoms with Crippen LogP contribution in [0.4, 0.5) is 3.89 Å². The molecule has 0 amide bonds. The molecule has 0 heterocycles. The normalized spacial score (nSPS) is 12.4. The Kier molecular flexibility index (Phi) is 6.34. The molecular weight excluding hydrogens is 297 g/mol. The lowest BCUT2D eigenvalue weighted by Crippen LogP contribution is -2.31. The first kappa shape index (κ1) is 16.9.